The fraction of sp³-hybridized carbons (Fsp3) is 0.526. The standard InChI is InChI=1S/C19H26N4O2/c1-3-14(17-13-23(2)22-21-17)6-5-9-19(24)25-18-8-4-7-15-12-20-11-10-16(15)18/h4,7-8,13-14,20H,3,5-6,9-12H2,1-2H3. The number of carbonyl (C=O) groups excluding carboxylic acids is 1. The molecular weight excluding hydrogens is 316 g/mol. The van der Waals surface area contributed by atoms with Gasteiger partial charge in [0.2, 0.25) is 0 Å². The topological polar surface area (TPSA) is 69.0 Å². The Morgan fingerprint density at radius 1 is 1.44 bits per heavy atom. The highest BCUT2D eigenvalue weighted by molar-refractivity contribution is 5.73. The van der Waals surface area contributed by atoms with Crippen molar-refractivity contribution >= 4 is 5.97 Å². The van der Waals surface area contributed by atoms with E-state index < -0.39 is 0 Å². The largest absolute Gasteiger partial charge is 0.426 e. The van der Waals surface area contributed by atoms with Crippen LogP contribution >= 0.6 is 0 Å². The van der Waals surface area contributed by atoms with Gasteiger partial charge < -0.3 is 10.1 Å². The van der Waals surface area contributed by atoms with Crippen LogP contribution in [0.15, 0.2) is 24.4 Å². The van der Waals surface area contributed by atoms with Crippen molar-refractivity contribution in [2.45, 2.75) is 51.5 Å². The molecule has 0 bridgehead atoms. The van der Waals surface area contributed by atoms with Crippen molar-refractivity contribution in [3.63, 3.8) is 0 Å². The number of esters is 1. The summed E-state index contributed by atoms with van der Waals surface area (Å²) in [5.74, 6) is 0.919. The molecule has 2 aromatic rings. The molecule has 0 aliphatic carbocycles. The molecule has 25 heavy (non-hydrogen) atoms. The summed E-state index contributed by atoms with van der Waals surface area (Å²) in [6, 6.07) is 5.94. The van der Waals surface area contributed by atoms with E-state index >= 15 is 0 Å². The van der Waals surface area contributed by atoms with Crippen LogP contribution in [0.5, 0.6) is 5.75 Å². The number of benzene rings is 1. The lowest BCUT2D eigenvalue weighted by molar-refractivity contribution is -0.134. The van der Waals surface area contributed by atoms with Crippen LogP contribution in [0.2, 0.25) is 0 Å². The normalized spacial score (nSPS) is 14.8. The molecule has 1 unspecified atom stereocenters. The highest BCUT2D eigenvalue weighted by Crippen LogP contribution is 2.27. The molecule has 2 heterocycles. The van der Waals surface area contributed by atoms with E-state index in [2.05, 4.69) is 28.6 Å². The molecule has 0 saturated heterocycles. The number of fused-ring (bicyclic) bond motifs is 1. The quantitative estimate of drug-likeness (QED) is 0.619. The number of ether oxygens (including phenoxy) is 1. The molecule has 1 N–H and O–H groups in total. The summed E-state index contributed by atoms with van der Waals surface area (Å²) in [5, 5.41) is 11.5. The number of nitrogens with zero attached hydrogens (tertiary/aromatic N) is 3. The second kappa shape index (κ2) is 8.25. The Labute approximate surface area is 148 Å². The van der Waals surface area contributed by atoms with Gasteiger partial charge in [-0.05, 0) is 43.9 Å². The molecule has 0 spiro atoms. The zero-order valence-electron chi connectivity index (χ0n) is 15.0. The molecule has 3 rings (SSSR count). The highest BCUT2D eigenvalue weighted by Gasteiger charge is 2.17. The Morgan fingerprint density at radius 2 is 2.32 bits per heavy atom. The van der Waals surface area contributed by atoms with Crippen molar-refractivity contribution < 1.29 is 9.53 Å². The van der Waals surface area contributed by atoms with Gasteiger partial charge in [-0.25, -0.2) is 0 Å². The Balaban J connectivity index is 1.51. The third kappa shape index (κ3) is 4.45. The molecule has 0 saturated carbocycles. The number of hydrogen-bond donors (Lipinski definition) is 1. The maximum Gasteiger partial charge on any atom is 0.311 e. The number of hydrogen-bond acceptors (Lipinski definition) is 5. The number of carbonyl (C=O) groups is 1. The number of rotatable bonds is 7. The van der Waals surface area contributed by atoms with E-state index in [4.69, 9.17) is 4.74 Å². The Bertz CT molecular complexity index is 726. The summed E-state index contributed by atoms with van der Waals surface area (Å²) in [4.78, 5) is 12.2. The van der Waals surface area contributed by atoms with Crippen LogP contribution in [-0.4, -0.2) is 27.5 Å². The van der Waals surface area contributed by atoms with Gasteiger partial charge in [0.1, 0.15) is 5.75 Å². The third-order valence-electron chi connectivity index (χ3n) is 4.79. The van der Waals surface area contributed by atoms with Crippen molar-refractivity contribution in [2.24, 2.45) is 7.05 Å². The molecular formula is C19H26N4O2. The summed E-state index contributed by atoms with van der Waals surface area (Å²) >= 11 is 0. The first-order valence-corrected chi connectivity index (χ1v) is 9.05. The van der Waals surface area contributed by atoms with Crippen LogP contribution < -0.4 is 10.1 Å². The van der Waals surface area contributed by atoms with Gasteiger partial charge in [0.25, 0.3) is 0 Å². The lowest BCUT2D eigenvalue weighted by Gasteiger charge is -2.19. The Morgan fingerprint density at radius 3 is 3.08 bits per heavy atom. The van der Waals surface area contributed by atoms with Crippen molar-refractivity contribution in [3.05, 3.63) is 41.2 Å². The lowest BCUT2D eigenvalue weighted by atomic mass is 9.96. The number of aryl methyl sites for hydroxylation is 1. The molecule has 0 amide bonds. The zero-order chi connectivity index (χ0) is 17.6. The molecule has 0 fully saturated rings. The van der Waals surface area contributed by atoms with E-state index in [-0.39, 0.29) is 5.97 Å². The first-order valence-electron chi connectivity index (χ1n) is 9.05. The molecule has 6 nitrogen and oxygen atoms in total. The van der Waals surface area contributed by atoms with Gasteiger partial charge >= 0.3 is 5.97 Å². The minimum atomic E-state index is -0.152. The van der Waals surface area contributed by atoms with Crippen molar-refractivity contribution in [1.82, 2.24) is 20.3 Å². The van der Waals surface area contributed by atoms with Gasteiger partial charge in [-0.15, -0.1) is 5.10 Å². The molecule has 6 heteroatoms. The van der Waals surface area contributed by atoms with Gasteiger partial charge in [0, 0.05) is 37.7 Å². The van der Waals surface area contributed by atoms with E-state index in [1.807, 2.05) is 25.4 Å². The van der Waals surface area contributed by atoms with Gasteiger partial charge in [0.15, 0.2) is 0 Å². The molecule has 1 aromatic carbocycles. The minimum absolute atomic E-state index is 0.152. The van der Waals surface area contributed by atoms with E-state index in [0.717, 1.165) is 50.2 Å². The van der Waals surface area contributed by atoms with E-state index in [1.54, 1.807) is 4.68 Å². The van der Waals surface area contributed by atoms with Crippen LogP contribution in [0.1, 0.15) is 55.3 Å². The maximum atomic E-state index is 12.2. The molecule has 1 aliphatic heterocycles. The SMILES string of the molecule is CCC(CCCC(=O)Oc1cccc2c1CCNC2)c1cn(C)nn1. The predicted molar refractivity (Wildman–Crippen MR) is 95.4 cm³/mol. The fourth-order valence-corrected chi connectivity index (χ4v) is 3.37. The van der Waals surface area contributed by atoms with E-state index in [1.165, 1.54) is 11.1 Å². The second-order valence-electron chi connectivity index (χ2n) is 6.61. The van der Waals surface area contributed by atoms with E-state index in [0.29, 0.717) is 12.3 Å². The molecule has 134 valence electrons. The molecule has 1 aliphatic rings. The number of aromatic nitrogens is 3. The average molecular weight is 342 g/mol. The highest BCUT2D eigenvalue weighted by atomic mass is 16.5. The Kier molecular flexibility index (Phi) is 5.81. The number of nitrogens with one attached hydrogen (secondary N) is 1. The zero-order valence-corrected chi connectivity index (χ0v) is 15.0. The van der Waals surface area contributed by atoms with Gasteiger partial charge in [-0.1, -0.05) is 24.3 Å². The van der Waals surface area contributed by atoms with Crippen LogP contribution in [0.3, 0.4) is 0 Å². The summed E-state index contributed by atoms with van der Waals surface area (Å²) in [6.45, 7) is 3.91. The van der Waals surface area contributed by atoms with Gasteiger partial charge in [-0.3, -0.25) is 9.48 Å². The lowest BCUT2D eigenvalue weighted by Crippen LogP contribution is -2.24. The summed E-state index contributed by atoms with van der Waals surface area (Å²) in [5.41, 5.74) is 3.40. The minimum Gasteiger partial charge on any atom is -0.426 e. The molecule has 1 aromatic heterocycles. The maximum absolute atomic E-state index is 12.2. The monoisotopic (exact) mass is 342 g/mol. The molecule has 1 atom stereocenters. The first kappa shape index (κ1) is 17.6. The average Bonchev–Trinajstić information content (AvgIpc) is 3.05. The predicted octanol–water partition coefficient (Wildman–Crippen LogP) is 2.73. The van der Waals surface area contributed by atoms with Crippen LogP contribution in [0.4, 0.5) is 0 Å². The van der Waals surface area contributed by atoms with Gasteiger partial charge in [-0.2, -0.15) is 0 Å². The first-order chi connectivity index (χ1) is 12.2. The van der Waals surface area contributed by atoms with Crippen molar-refractivity contribution in [3.8, 4) is 5.75 Å². The van der Waals surface area contributed by atoms with E-state index in [9.17, 15) is 4.79 Å². The summed E-state index contributed by atoms with van der Waals surface area (Å²) in [6.07, 6.45) is 6.00. The van der Waals surface area contributed by atoms with Crippen LogP contribution in [0, 0.1) is 0 Å². The Hall–Kier alpha value is -2.21. The van der Waals surface area contributed by atoms with Crippen molar-refractivity contribution in [2.75, 3.05) is 6.54 Å². The molecule has 0 radical (unpaired) electrons. The third-order valence-corrected chi connectivity index (χ3v) is 4.79. The van der Waals surface area contributed by atoms with Gasteiger partial charge in [0.05, 0.1) is 5.69 Å². The second-order valence-corrected chi connectivity index (χ2v) is 6.61. The summed E-state index contributed by atoms with van der Waals surface area (Å²) < 4.78 is 7.36. The van der Waals surface area contributed by atoms with Crippen molar-refractivity contribution in [1.29, 1.82) is 0 Å². The smallest absolute Gasteiger partial charge is 0.311 e. The van der Waals surface area contributed by atoms with Crippen LogP contribution in [0.25, 0.3) is 0 Å². The van der Waals surface area contributed by atoms with Crippen LogP contribution in [-0.2, 0) is 24.8 Å². The fourth-order valence-electron chi connectivity index (χ4n) is 3.37. The summed E-state index contributed by atoms with van der Waals surface area (Å²) in [7, 11) is 1.87.